The monoisotopic (exact) mass is 329 g/mol. The SMILES string of the molecule is Cn1cccc1-c1ccc2c(c1)C1(NC(=O)NC1=O)c1ccccc1-2. The molecule has 1 aliphatic heterocycles. The van der Waals surface area contributed by atoms with Crippen LogP contribution in [0.3, 0.4) is 0 Å². The molecule has 5 nitrogen and oxygen atoms in total. The van der Waals surface area contributed by atoms with Crippen LogP contribution in [0.2, 0.25) is 0 Å². The Balaban J connectivity index is 1.82. The number of benzene rings is 2. The van der Waals surface area contributed by atoms with E-state index in [2.05, 4.69) is 16.7 Å². The van der Waals surface area contributed by atoms with Gasteiger partial charge in [-0.05, 0) is 40.5 Å². The van der Waals surface area contributed by atoms with E-state index in [0.29, 0.717) is 0 Å². The summed E-state index contributed by atoms with van der Waals surface area (Å²) in [5, 5.41) is 5.27. The summed E-state index contributed by atoms with van der Waals surface area (Å²) in [5.74, 6) is -0.326. The number of hydrogen-bond acceptors (Lipinski definition) is 2. The normalized spacial score (nSPS) is 20.4. The predicted molar refractivity (Wildman–Crippen MR) is 93.7 cm³/mol. The van der Waals surface area contributed by atoms with Gasteiger partial charge >= 0.3 is 6.03 Å². The molecule has 122 valence electrons. The van der Waals surface area contributed by atoms with E-state index in [4.69, 9.17) is 0 Å². The Hall–Kier alpha value is -3.34. The molecule has 1 aromatic heterocycles. The Kier molecular flexibility index (Phi) is 2.58. The fourth-order valence-electron chi connectivity index (χ4n) is 4.03. The van der Waals surface area contributed by atoms with Crippen molar-refractivity contribution in [1.29, 1.82) is 0 Å². The second kappa shape index (κ2) is 4.60. The van der Waals surface area contributed by atoms with E-state index >= 15 is 0 Å². The van der Waals surface area contributed by atoms with Crippen LogP contribution in [0.25, 0.3) is 22.4 Å². The second-order valence-electron chi connectivity index (χ2n) is 6.47. The van der Waals surface area contributed by atoms with Crippen molar-refractivity contribution in [3.63, 3.8) is 0 Å². The van der Waals surface area contributed by atoms with Gasteiger partial charge in [-0.2, -0.15) is 0 Å². The van der Waals surface area contributed by atoms with E-state index in [1.807, 2.05) is 66.3 Å². The lowest BCUT2D eigenvalue weighted by molar-refractivity contribution is -0.122. The van der Waals surface area contributed by atoms with Crippen molar-refractivity contribution < 1.29 is 9.59 Å². The Morgan fingerprint density at radius 2 is 1.72 bits per heavy atom. The van der Waals surface area contributed by atoms with Crippen LogP contribution in [0.5, 0.6) is 0 Å². The van der Waals surface area contributed by atoms with E-state index < -0.39 is 11.6 Å². The second-order valence-corrected chi connectivity index (χ2v) is 6.47. The minimum atomic E-state index is -1.15. The van der Waals surface area contributed by atoms with E-state index in [1.54, 1.807) is 0 Å². The average Bonchev–Trinajstić information content (AvgIpc) is 3.25. The zero-order valence-electron chi connectivity index (χ0n) is 13.5. The lowest BCUT2D eigenvalue weighted by Crippen LogP contribution is -2.43. The zero-order chi connectivity index (χ0) is 17.2. The first-order chi connectivity index (χ1) is 12.1. The number of urea groups is 1. The van der Waals surface area contributed by atoms with Gasteiger partial charge in [0.1, 0.15) is 0 Å². The van der Waals surface area contributed by atoms with Gasteiger partial charge in [0.25, 0.3) is 5.91 Å². The minimum absolute atomic E-state index is 0.326. The van der Waals surface area contributed by atoms with Gasteiger partial charge in [0.15, 0.2) is 5.54 Å². The van der Waals surface area contributed by atoms with Crippen LogP contribution < -0.4 is 10.6 Å². The summed E-state index contributed by atoms with van der Waals surface area (Å²) in [4.78, 5) is 24.8. The number of aryl methyl sites for hydroxylation is 1. The Morgan fingerprint density at radius 1 is 0.920 bits per heavy atom. The molecule has 1 atom stereocenters. The number of nitrogens with one attached hydrogen (secondary N) is 2. The van der Waals surface area contributed by atoms with Crippen LogP contribution in [0.4, 0.5) is 4.79 Å². The molecule has 3 aromatic rings. The molecule has 2 heterocycles. The number of amides is 3. The number of carbonyl (C=O) groups excluding carboxylic acids is 2. The quantitative estimate of drug-likeness (QED) is 0.674. The van der Waals surface area contributed by atoms with Crippen LogP contribution in [0.1, 0.15) is 11.1 Å². The third kappa shape index (κ3) is 1.67. The first kappa shape index (κ1) is 14.0. The number of aromatic nitrogens is 1. The number of carbonyl (C=O) groups is 2. The summed E-state index contributed by atoms with van der Waals surface area (Å²) in [6.07, 6.45) is 1.98. The molecule has 1 unspecified atom stereocenters. The molecule has 5 heteroatoms. The van der Waals surface area contributed by atoms with Crippen molar-refractivity contribution in [3.05, 3.63) is 71.9 Å². The maximum absolute atomic E-state index is 12.8. The first-order valence-corrected chi connectivity index (χ1v) is 8.11. The predicted octanol–water partition coefficient (Wildman–Crippen LogP) is 2.76. The van der Waals surface area contributed by atoms with Crippen LogP contribution in [0, 0.1) is 0 Å². The van der Waals surface area contributed by atoms with Gasteiger partial charge in [0, 0.05) is 24.5 Å². The molecule has 5 rings (SSSR count). The summed E-state index contributed by atoms with van der Waals surface area (Å²) in [7, 11) is 1.98. The van der Waals surface area contributed by atoms with E-state index in [-0.39, 0.29) is 5.91 Å². The first-order valence-electron chi connectivity index (χ1n) is 8.11. The number of fused-ring (bicyclic) bond motifs is 5. The molecule has 1 spiro atoms. The molecule has 2 aromatic carbocycles. The summed E-state index contributed by atoms with van der Waals surface area (Å²) >= 11 is 0. The maximum Gasteiger partial charge on any atom is 0.322 e. The summed E-state index contributed by atoms with van der Waals surface area (Å²) in [5.41, 5.74) is 4.50. The number of rotatable bonds is 1. The lowest BCUT2D eigenvalue weighted by Gasteiger charge is -2.23. The van der Waals surface area contributed by atoms with Gasteiger partial charge in [0.2, 0.25) is 0 Å². The van der Waals surface area contributed by atoms with E-state index in [1.165, 1.54) is 0 Å². The van der Waals surface area contributed by atoms with Crippen LogP contribution in [-0.4, -0.2) is 16.5 Å². The molecule has 25 heavy (non-hydrogen) atoms. The highest BCUT2D eigenvalue weighted by molar-refractivity contribution is 6.13. The molecule has 1 aliphatic carbocycles. The third-order valence-electron chi connectivity index (χ3n) is 5.15. The van der Waals surface area contributed by atoms with Crippen LogP contribution in [0.15, 0.2) is 60.8 Å². The number of hydrogen-bond donors (Lipinski definition) is 2. The minimum Gasteiger partial charge on any atom is -0.351 e. The molecular formula is C20H15N3O2. The molecule has 3 amide bonds. The average molecular weight is 329 g/mol. The third-order valence-corrected chi connectivity index (χ3v) is 5.15. The van der Waals surface area contributed by atoms with Gasteiger partial charge in [-0.15, -0.1) is 0 Å². The Morgan fingerprint density at radius 3 is 2.44 bits per heavy atom. The fourth-order valence-corrected chi connectivity index (χ4v) is 4.03. The topological polar surface area (TPSA) is 63.1 Å². The van der Waals surface area contributed by atoms with Gasteiger partial charge < -0.3 is 9.88 Å². The van der Waals surface area contributed by atoms with Gasteiger partial charge in [0.05, 0.1) is 0 Å². The summed E-state index contributed by atoms with van der Waals surface area (Å²) in [6.45, 7) is 0. The van der Waals surface area contributed by atoms with Crippen molar-refractivity contribution in [2.75, 3.05) is 0 Å². The molecular weight excluding hydrogens is 314 g/mol. The fraction of sp³-hybridized carbons (Fsp3) is 0.100. The van der Waals surface area contributed by atoms with Gasteiger partial charge in [-0.1, -0.05) is 36.4 Å². The van der Waals surface area contributed by atoms with Crippen molar-refractivity contribution in [2.45, 2.75) is 5.54 Å². The van der Waals surface area contributed by atoms with Crippen molar-refractivity contribution in [3.8, 4) is 22.4 Å². The van der Waals surface area contributed by atoms with E-state index in [9.17, 15) is 9.59 Å². The molecule has 2 N–H and O–H groups in total. The van der Waals surface area contributed by atoms with E-state index in [0.717, 1.165) is 33.5 Å². The molecule has 1 fully saturated rings. The van der Waals surface area contributed by atoms with Crippen molar-refractivity contribution in [2.24, 2.45) is 7.05 Å². The molecule has 0 saturated carbocycles. The number of imide groups is 1. The summed E-state index contributed by atoms with van der Waals surface area (Å²) < 4.78 is 2.03. The van der Waals surface area contributed by atoms with Crippen molar-refractivity contribution >= 4 is 11.9 Å². The van der Waals surface area contributed by atoms with Crippen molar-refractivity contribution in [1.82, 2.24) is 15.2 Å². The molecule has 0 radical (unpaired) electrons. The highest BCUT2D eigenvalue weighted by atomic mass is 16.2. The standard InChI is InChI=1S/C20H15N3O2/c1-23-10-4-7-17(23)12-8-9-14-13-5-2-3-6-15(13)20(16(14)11-12)18(24)21-19(25)22-20/h2-11H,1H3,(H2,21,22,24,25). The molecule has 1 saturated heterocycles. The molecule has 2 aliphatic rings. The smallest absolute Gasteiger partial charge is 0.322 e. The van der Waals surface area contributed by atoms with Crippen LogP contribution >= 0.6 is 0 Å². The highest BCUT2D eigenvalue weighted by Gasteiger charge is 2.54. The number of nitrogens with zero attached hydrogens (tertiary/aromatic N) is 1. The van der Waals surface area contributed by atoms with Crippen LogP contribution in [-0.2, 0) is 17.4 Å². The zero-order valence-corrected chi connectivity index (χ0v) is 13.5. The highest BCUT2D eigenvalue weighted by Crippen LogP contribution is 2.49. The summed E-state index contributed by atoms with van der Waals surface area (Å²) in [6, 6.07) is 17.4. The van der Waals surface area contributed by atoms with Gasteiger partial charge in [-0.3, -0.25) is 10.1 Å². The Bertz CT molecular complexity index is 1070. The lowest BCUT2D eigenvalue weighted by atomic mass is 9.86. The largest absolute Gasteiger partial charge is 0.351 e. The molecule has 0 bridgehead atoms. The maximum atomic E-state index is 12.8. The van der Waals surface area contributed by atoms with Gasteiger partial charge in [-0.25, -0.2) is 4.79 Å². The Labute approximate surface area is 144 Å².